The Hall–Kier alpha value is -2.82. The van der Waals surface area contributed by atoms with Gasteiger partial charge in [-0.2, -0.15) is 0 Å². The Balaban J connectivity index is 1.75. The maximum absolute atomic E-state index is 13.4. The Morgan fingerprint density at radius 1 is 0.947 bits per heavy atom. The van der Waals surface area contributed by atoms with E-state index in [0.717, 1.165) is 35.1 Å². The summed E-state index contributed by atoms with van der Waals surface area (Å²) in [5, 5.41) is 1.01. The van der Waals surface area contributed by atoms with E-state index in [-0.39, 0.29) is 22.7 Å². The van der Waals surface area contributed by atoms with Gasteiger partial charge in [-0.3, -0.25) is 9.78 Å². The van der Waals surface area contributed by atoms with Gasteiger partial charge in [0.15, 0.2) is 0 Å². The van der Waals surface area contributed by atoms with Gasteiger partial charge in [-0.15, -0.1) is 0 Å². The minimum atomic E-state index is -0.694. The van der Waals surface area contributed by atoms with Gasteiger partial charge in [0.25, 0.3) is 0 Å². The van der Waals surface area contributed by atoms with Gasteiger partial charge < -0.3 is 13.9 Å². The number of nitrogens with zero attached hydrogens (tertiary/aromatic N) is 1. The largest absolute Gasteiger partial charge is 0.488 e. The molecule has 5 nitrogen and oxygen atoms in total. The van der Waals surface area contributed by atoms with Crippen LogP contribution in [0.25, 0.3) is 22.3 Å². The first-order valence-corrected chi connectivity index (χ1v) is 13.8. The van der Waals surface area contributed by atoms with Crippen molar-refractivity contribution in [1.29, 1.82) is 0 Å². The predicted molar refractivity (Wildman–Crippen MR) is 155 cm³/mol. The van der Waals surface area contributed by atoms with Gasteiger partial charge in [-0.25, -0.2) is 0 Å². The summed E-state index contributed by atoms with van der Waals surface area (Å²) in [7, 11) is 0. The molecule has 0 fully saturated rings. The van der Waals surface area contributed by atoms with E-state index in [1.54, 1.807) is 0 Å². The number of ether oxygens (including phenoxy) is 2. The molecule has 0 saturated heterocycles. The van der Waals surface area contributed by atoms with Crippen molar-refractivity contribution in [3.05, 3.63) is 48.3 Å². The van der Waals surface area contributed by atoms with Crippen LogP contribution >= 0.6 is 0 Å². The van der Waals surface area contributed by atoms with Crippen LogP contribution in [0.15, 0.2) is 47.1 Å². The third-order valence-electron chi connectivity index (χ3n) is 6.82. The number of furan rings is 1. The smallest absolute Gasteiger partial charge is 0.310 e. The summed E-state index contributed by atoms with van der Waals surface area (Å²) < 4.78 is 18.8. The molecular weight excluding hydrogens is 474 g/mol. The number of hydrogen-bond donors (Lipinski definition) is 0. The Kier molecular flexibility index (Phi) is 8.41. The topological polar surface area (TPSA) is 61.6 Å². The second-order valence-corrected chi connectivity index (χ2v) is 14.1. The molecule has 1 aromatic carbocycles. The fourth-order valence-corrected chi connectivity index (χ4v) is 5.28. The third kappa shape index (κ3) is 7.85. The van der Waals surface area contributed by atoms with Crippen molar-refractivity contribution in [2.75, 3.05) is 0 Å². The van der Waals surface area contributed by atoms with E-state index in [2.05, 4.69) is 53.5 Å². The summed E-state index contributed by atoms with van der Waals surface area (Å²) in [5.41, 5.74) is 1.55. The van der Waals surface area contributed by atoms with E-state index in [0.29, 0.717) is 12.2 Å². The van der Waals surface area contributed by atoms with E-state index >= 15 is 0 Å². The van der Waals surface area contributed by atoms with E-state index < -0.39 is 11.2 Å². The van der Waals surface area contributed by atoms with E-state index in [9.17, 15) is 4.79 Å². The highest BCUT2D eigenvalue weighted by Gasteiger charge is 2.40. The van der Waals surface area contributed by atoms with Gasteiger partial charge >= 0.3 is 5.97 Å². The number of rotatable bonds is 9. The number of benzene rings is 1. The Morgan fingerprint density at radius 2 is 1.63 bits per heavy atom. The molecule has 1 unspecified atom stereocenters. The first kappa shape index (κ1) is 29.7. The number of pyridine rings is 1. The Morgan fingerprint density at radius 3 is 2.24 bits per heavy atom. The molecule has 2 heterocycles. The summed E-state index contributed by atoms with van der Waals surface area (Å²) >= 11 is 0. The molecule has 0 bridgehead atoms. The molecule has 0 saturated carbocycles. The highest BCUT2D eigenvalue weighted by Crippen LogP contribution is 2.39. The van der Waals surface area contributed by atoms with Gasteiger partial charge in [-0.1, -0.05) is 48.5 Å². The summed E-state index contributed by atoms with van der Waals surface area (Å²) in [6.07, 6.45) is 5.88. The molecule has 0 aliphatic heterocycles. The van der Waals surface area contributed by atoms with Crippen LogP contribution < -0.4 is 4.74 Å². The summed E-state index contributed by atoms with van der Waals surface area (Å²) in [6.45, 7) is 22.9. The summed E-state index contributed by atoms with van der Waals surface area (Å²) in [4.78, 5) is 17.6. The van der Waals surface area contributed by atoms with Crippen LogP contribution in [0.2, 0.25) is 0 Å². The Bertz CT molecular complexity index is 1250. The van der Waals surface area contributed by atoms with Gasteiger partial charge in [-0.05, 0) is 81.2 Å². The lowest BCUT2D eigenvalue weighted by Gasteiger charge is -2.39. The molecule has 0 N–H and O–H groups in total. The van der Waals surface area contributed by atoms with Crippen molar-refractivity contribution in [3.63, 3.8) is 0 Å². The molecule has 0 aliphatic carbocycles. The molecular formula is C33H47NO4. The van der Waals surface area contributed by atoms with Crippen molar-refractivity contribution in [3.8, 4) is 17.1 Å². The van der Waals surface area contributed by atoms with Crippen molar-refractivity contribution < 1.29 is 18.7 Å². The molecule has 5 heteroatoms. The number of carbonyl (C=O) groups is 1. The fourth-order valence-electron chi connectivity index (χ4n) is 5.28. The van der Waals surface area contributed by atoms with Crippen LogP contribution in [-0.4, -0.2) is 22.2 Å². The minimum absolute atomic E-state index is 0.0307. The standard InChI is InChI=1S/C33H47NO4/c1-12-22-15-16-34-20-25(22)28-17-23-13-14-24(18-27(23)36-28)37-32(8,9)21-33(10,11)38-29(35)26(31(5,6)7)19-30(2,3)4/h13-18,20,26H,12,19,21H2,1-11H3. The van der Waals surface area contributed by atoms with Gasteiger partial charge in [0.2, 0.25) is 0 Å². The molecule has 2 aromatic heterocycles. The molecule has 0 spiro atoms. The number of esters is 1. The first-order chi connectivity index (χ1) is 17.4. The summed E-state index contributed by atoms with van der Waals surface area (Å²) in [5.74, 6) is 1.19. The minimum Gasteiger partial charge on any atom is -0.488 e. The molecule has 1 atom stereocenters. The normalized spacial score (nSPS) is 14.0. The molecule has 38 heavy (non-hydrogen) atoms. The lowest BCUT2D eigenvalue weighted by atomic mass is 9.72. The number of fused-ring (bicyclic) bond motifs is 1. The maximum Gasteiger partial charge on any atom is 0.310 e. The lowest BCUT2D eigenvalue weighted by molar-refractivity contribution is -0.170. The van der Waals surface area contributed by atoms with Crippen LogP contribution in [0.5, 0.6) is 5.75 Å². The van der Waals surface area contributed by atoms with Gasteiger partial charge in [0, 0.05) is 35.8 Å². The molecule has 0 amide bonds. The van der Waals surface area contributed by atoms with Crippen LogP contribution in [0.3, 0.4) is 0 Å². The number of aromatic nitrogens is 1. The highest BCUT2D eigenvalue weighted by atomic mass is 16.6. The van der Waals surface area contributed by atoms with Crippen molar-refractivity contribution in [1.82, 2.24) is 4.98 Å². The van der Waals surface area contributed by atoms with Crippen LogP contribution in [0.4, 0.5) is 0 Å². The van der Waals surface area contributed by atoms with Crippen molar-refractivity contribution in [2.45, 2.75) is 107 Å². The number of hydrogen-bond acceptors (Lipinski definition) is 5. The van der Waals surface area contributed by atoms with E-state index in [4.69, 9.17) is 13.9 Å². The zero-order valence-corrected chi connectivity index (χ0v) is 25.3. The molecule has 0 radical (unpaired) electrons. The molecule has 208 valence electrons. The SMILES string of the molecule is CCc1ccncc1-c1cc2ccc(OC(C)(C)CC(C)(C)OC(=O)C(CC(C)(C)C)C(C)(C)C)cc2o1. The molecule has 3 rings (SSSR count). The van der Waals surface area contributed by atoms with Crippen LogP contribution in [-0.2, 0) is 16.0 Å². The first-order valence-electron chi connectivity index (χ1n) is 13.8. The zero-order chi connectivity index (χ0) is 28.5. The quantitative estimate of drug-likeness (QED) is 0.263. The average Bonchev–Trinajstić information content (AvgIpc) is 3.17. The third-order valence-corrected chi connectivity index (χ3v) is 6.82. The van der Waals surface area contributed by atoms with E-state index in [1.807, 2.05) is 70.4 Å². The van der Waals surface area contributed by atoms with Crippen LogP contribution in [0, 0.1) is 16.7 Å². The fraction of sp³-hybridized carbons (Fsp3) is 0.576. The van der Waals surface area contributed by atoms with Crippen LogP contribution in [0.1, 0.15) is 94.6 Å². The maximum atomic E-state index is 13.4. The monoisotopic (exact) mass is 521 g/mol. The highest BCUT2D eigenvalue weighted by molar-refractivity contribution is 5.84. The summed E-state index contributed by atoms with van der Waals surface area (Å²) in [6, 6.07) is 9.99. The lowest BCUT2D eigenvalue weighted by Crippen LogP contribution is -2.43. The number of carbonyl (C=O) groups excluding carboxylic acids is 1. The van der Waals surface area contributed by atoms with Gasteiger partial charge in [0.05, 0.1) is 5.92 Å². The van der Waals surface area contributed by atoms with E-state index in [1.165, 1.54) is 5.56 Å². The number of aryl methyl sites for hydroxylation is 1. The molecule has 0 aliphatic rings. The Labute approximate surface area is 229 Å². The predicted octanol–water partition coefficient (Wildman–Crippen LogP) is 9.03. The van der Waals surface area contributed by atoms with Crippen molar-refractivity contribution in [2.24, 2.45) is 16.7 Å². The van der Waals surface area contributed by atoms with Gasteiger partial charge in [0.1, 0.15) is 28.3 Å². The zero-order valence-electron chi connectivity index (χ0n) is 25.3. The second kappa shape index (κ2) is 10.7. The molecule has 3 aromatic rings. The van der Waals surface area contributed by atoms with Crippen molar-refractivity contribution >= 4 is 16.9 Å². The average molecular weight is 522 g/mol. The second-order valence-electron chi connectivity index (χ2n) is 14.1.